The number of aryl methyl sites for hydroxylation is 1. The summed E-state index contributed by atoms with van der Waals surface area (Å²) in [6.07, 6.45) is 0. The summed E-state index contributed by atoms with van der Waals surface area (Å²) < 4.78 is 0. The Morgan fingerprint density at radius 3 is 2.18 bits per heavy atom. The molecule has 0 aromatic heterocycles. The minimum atomic E-state index is -0.585. The number of hydrogen-bond donors (Lipinski definition) is 1. The molecule has 2 rings (SSSR count). The topological polar surface area (TPSA) is 115 Å². The summed E-state index contributed by atoms with van der Waals surface area (Å²) in [7, 11) is 0. The van der Waals surface area contributed by atoms with Crippen LogP contribution in [0.1, 0.15) is 15.9 Å². The highest BCUT2D eigenvalue weighted by atomic mass is 16.6. The van der Waals surface area contributed by atoms with Crippen LogP contribution in [0.2, 0.25) is 0 Å². The quantitative estimate of drug-likeness (QED) is 0.688. The van der Waals surface area contributed by atoms with E-state index in [9.17, 15) is 25.0 Å². The highest BCUT2D eigenvalue weighted by Gasteiger charge is 2.18. The lowest BCUT2D eigenvalue weighted by molar-refractivity contribution is -0.384. The zero-order valence-electron chi connectivity index (χ0n) is 11.5. The van der Waals surface area contributed by atoms with E-state index in [0.29, 0.717) is 5.56 Å². The molecule has 0 saturated carbocycles. The van der Waals surface area contributed by atoms with Crippen LogP contribution in [0, 0.1) is 27.2 Å². The minimum absolute atomic E-state index is 0.107. The largest absolute Gasteiger partial charge is 0.316 e. The van der Waals surface area contributed by atoms with Crippen LogP contribution in [-0.4, -0.2) is 15.8 Å². The molecule has 0 bridgehead atoms. The lowest BCUT2D eigenvalue weighted by Gasteiger charge is -2.08. The molecular weight excluding hydrogens is 290 g/mol. The van der Waals surface area contributed by atoms with Crippen LogP contribution in [0.5, 0.6) is 0 Å². The van der Waals surface area contributed by atoms with Crippen LogP contribution in [0.25, 0.3) is 0 Å². The lowest BCUT2D eigenvalue weighted by atomic mass is 10.1. The van der Waals surface area contributed by atoms with Crippen LogP contribution in [-0.2, 0) is 0 Å². The van der Waals surface area contributed by atoms with E-state index in [2.05, 4.69) is 5.32 Å². The Labute approximate surface area is 124 Å². The molecule has 0 heterocycles. The molecule has 0 fully saturated rings. The summed E-state index contributed by atoms with van der Waals surface area (Å²) in [5, 5.41) is 24.0. The number of nitro benzene ring substituents is 2. The highest BCUT2D eigenvalue weighted by Crippen LogP contribution is 2.28. The van der Waals surface area contributed by atoms with Crippen LogP contribution >= 0.6 is 0 Å². The second kappa shape index (κ2) is 6.00. The highest BCUT2D eigenvalue weighted by molar-refractivity contribution is 6.06. The number of nitro groups is 2. The van der Waals surface area contributed by atoms with Crippen molar-refractivity contribution in [2.75, 3.05) is 5.32 Å². The maximum absolute atomic E-state index is 12.1. The standard InChI is InChI=1S/C14H11N3O5/c1-9-3-2-4-12(17(21)22)13(9)15-14(18)10-5-7-11(8-6-10)16(19)20/h2-8H,1H3,(H,15,18). The molecule has 112 valence electrons. The molecule has 8 nitrogen and oxygen atoms in total. The van der Waals surface area contributed by atoms with Crippen molar-refractivity contribution in [2.24, 2.45) is 0 Å². The van der Waals surface area contributed by atoms with Gasteiger partial charge in [-0.3, -0.25) is 25.0 Å². The first-order valence-electron chi connectivity index (χ1n) is 6.20. The number of para-hydroxylation sites is 1. The number of hydrogen-bond acceptors (Lipinski definition) is 5. The van der Waals surface area contributed by atoms with Gasteiger partial charge in [-0.2, -0.15) is 0 Å². The molecule has 0 radical (unpaired) electrons. The van der Waals surface area contributed by atoms with Gasteiger partial charge in [0, 0.05) is 23.8 Å². The summed E-state index contributed by atoms with van der Waals surface area (Å²) in [4.78, 5) is 32.5. The summed E-state index contributed by atoms with van der Waals surface area (Å²) in [5.74, 6) is -0.577. The van der Waals surface area contributed by atoms with Crippen LogP contribution < -0.4 is 5.32 Å². The van der Waals surface area contributed by atoms with Crippen molar-refractivity contribution in [1.29, 1.82) is 0 Å². The van der Waals surface area contributed by atoms with Crippen molar-refractivity contribution in [3.63, 3.8) is 0 Å². The first-order chi connectivity index (χ1) is 10.4. The Kier molecular flexibility index (Phi) is 4.12. The zero-order chi connectivity index (χ0) is 16.3. The Morgan fingerprint density at radius 2 is 1.64 bits per heavy atom. The molecule has 0 spiro atoms. The third-order valence-electron chi connectivity index (χ3n) is 3.03. The summed E-state index contributed by atoms with van der Waals surface area (Å²) >= 11 is 0. The van der Waals surface area contributed by atoms with Gasteiger partial charge in [-0.15, -0.1) is 0 Å². The van der Waals surface area contributed by atoms with E-state index in [0.717, 1.165) is 0 Å². The summed E-state index contributed by atoms with van der Waals surface area (Å²) in [6, 6.07) is 9.42. The molecule has 0 aliphatic rings. The number of carbonyl (C=O) groups excluding carboxylic acids is 1. The molecule has 0 unspecified atom stereocenters. The third kappa shape index (κ3) is 3.06. The number of rotatable bonds is 4. The maximum Gasteiger partial charge on any atom is 0.293 e. The molecule has 1 N–H and O–H groups in total. The van der Waals surface area contributed by atoms with Crippen molar-refractivity contribution in [2.45, 2.75) is 6.92 Å². The van der Waals surface area contributed by atoms with Gasteiger partial charge < -0.3 is 5.32 Å². The Morgan fingerprint density at radius 1 is 1.00 bits per heavy atom. The summed E-state index contributed by atoms with van der Waals surface area (Å²) in [5.41, 5.74) is 0.470. The van der Waals surface area contributed by atoms with Gasteiger partial charge in [-0.1, -0.05) is 12.1 Å². The first kappa shape index (κ1) is 15.1. The van der Waals surface area contributed by atoms with E-state index >= 15 is 0 Å². The Balaban J connectivity index is 2.29. The fraction of sp³-hybridized carbons (Fsp3) is 0.0714. The van der Waals surface area contributed by atoms with Gasteiger partial charge in [-0.25, -0.2) is 0 Å². The third-order valence-corrected chi connectivity index (χ3v) is 3.03. The van der Waals surface area contributed by atoms with Gasteiger partial charge in [0.2, 0.25) is 0 Å². The molecule has 22 heavy (non-hydrogen) atoms. The maximum atomic E-state index is 12.1. The minimum Gasteiger partial charge on any atom is -0.316 e. The smallest absolute Gasteiger partial charge is 0.293 e. The Bertz CT molecular complexity index is 756. The molecule has 2 aromatic rings. The molecule has 0 aliphatic carbocycles. The van der Waals surface area contributed by atoms with E-state index in [1.54, 1.807) is 13.0 Å². The van der Waals surface area contributed by atoms with Gasteiger partial charge >= 0.3 is 0 Å². The monoisotopic (exact) mass is 301 g/mol. The number of anilines is 1. The van der Waals surface area contributed by atoms with E-state index < -0.39 is 15.8 Å². The predicted octanol–water partition coefficient (Wildman–Crippen LogP) is 3.06. The number of amides is 1. The normalized spacial score (nSPS) is 10.0. The van der Waals surface area contributed by atoms with Crippen LogP contribution in [0.3, 0.4) is 0 Å². The van der Waals surface area contributed by atoms with Crippen molar-refractivity contribution in [1.82, 2.24) is 0 Å². The molecule has 0 aliphatic heterocycles. The van der Waals surface area contributed by atoms with Crippen LogP contribution in [0.4, 0.5) is 17.1 Å². The van der Waals surface area contributed by atoms with Gasteiger partial charge in [0.25, 0.3) is 17.3 Å². The van der Waals surface area contributed by atoms with Crippen molar-refractivity contribution >= 4 is 23.0 Å². The van der Waals surface area contributed by atoms with E-state index in [-0.39, 0.29) is 22.6 Å². The fourth-order valence-corrected chi connectivity index (χ4v) is 1.89. The van der Waals surface area contributed by atoms with Gasteiger partial charge in [0.1, 0.15) is 5.69 Å². The number of nitrogens with one attached hydrogen (secondary N) is 1. The molecule has 2 aromatic carbocycles. The average Bonchev–Trinajstić information content (AvgIpc) is 2.49. The van der Waals surface area contributed by atoms with E-state index in [1.807, 2.05) is 0 Å². The van der Waals surface area contributed by atoms with Gasteiger partial charge in [0.15, 0.2) is 0 Å². The SMILES string of the molecule is Cc1cccc([N+](=O)[O-])c1NC(=O)c1ccc([N+](=O)[O-])cc1. The first-order valence-corrected chi connectivity index (χ1v) is 6.20. The van der Waals surface area contributed by atoms with Crippen molar-refractivity contribution in [3.8, 4) is 0 Å². The molecule has 0 saturated heterocycles. The zero-order valence-corrected chi connectivity index (χ0v) is 11.5. The van der Waals surface area contributed by atoms with E-state index in [1.165, 1.54) is 36.4 Å². The number of nitrogens with zero attached hydrogens (tertiary/aromatic N) is 2. The van der Waals surface area contributed by atoms with E-state index in [4.69, 9.17) is 0 Å². The fourth-order valence-electron chi connectivity index (χ4n) is 1.89. The van der Waals surface area contributed by atoms with Crippen LogP contribution in [0.15, 0.2) is 42.5 Å². The molecular formula is C14H11N3O5. The molecule has 1 amide bonds. The average molecular weight is 301 g/mol. The number of non-ortho nitro benzene ring substituents is 1. The van der Waals surface area contributed by atoms with Gasteiger partial charge in [0.05, 0.1) is 9.85 Å². The van der Waals surface area contributed by atoms with Crippen molar-refractivity contribution in [3.05, 3.63) is 73.8 Å². The van der Waals surface area contributed by atoms with Gasteiger partial charge in [-0.05, 0) is 24.6 Å². The second-order valence-electron chi connectivity index (χ2n) is 4.48. The number of benzene rings is 2. The summed E-state index contributed by atoms with van der Waals surface area (Å²) in [6.45, 7) is 1.64. The Hall–Kier alpha value is -3.29. The number of carbonyl (C=O) groups is 1. The molecule has 0 atom stereocenters. The lowest BCUT2D eigenvalue weighted by Crippen LogP contribution is -2.14. The predicted molar refractivity (Wildman–Crippen MR) is 78.9 cm³/mol. The van der Waals surface area contributed by atoms with Crippen molar-refractivity contribution < 1.29 is 14.6 Å². The molecule has 8 heteroatoms. The second-order valence-corrected chi connectivity index (χ2v) is 4.48.